The molecule has 1 aliphatic rings. The molecule has 9 nitrogen and oxygen atoms in total. The lowest BCUT2D eigenvalue weighted by atomic mass is 10.1. The second-order valence-electron chi connectivity index (χ2n) is 8.17. The van der Waals surface area contributed by atoms with Crippen LogP contribution in [0.25, 0.3) is 16.9 Å². The number of nitrogens with one attached hydrogen (secondary N) is 2. The van der Waals surface area contributed by atoms with Gasteiger partial charge >= 0.3 is 0 Å². The van der Waals surface area contributed by atoms with E-state index in [1.807, 2.05) is 6.07 Å². The summed E-state index contributed by atoms with van der Waals surface area (Å²) < 4.78 is 14.8. The Bertz CT molecular complexity index is 1590. The molecule has 38 heavy (non-hydrogen) atoms. The topological polar surface area (TPSA) is 114 Å². The number of rotatable bonds is 7. The van der Waals surface area contributed by atoms with Gasteiger partial charge in [0.05, 0.1) is 45.9 Å². The number of benzene rings is 2. The van der Waals surface area contributed by atoms with Crippen molar-refractivity contribution in [3.63, 3.8) is 0 Å². The Kier molecular flexibility index (Phi) is 7.25. The first-order valence-corrected chi connectivity index (χ1v) is 12.0. The zero-order valence-corrected chi connectivity index (χ0v) is 21.0. The van der Waals surface area contributed by atoms with Gasteiger partial charge in [-0.15, -0.1) is 0 Å². The lowest BCUT2D eigenvalue weighted by Gasteiger charge is -2.12. The summed E-state index contributed by atoms with van der Waals surface area (Å²) in [6.07, 6.45) is 2.65. The number of hydrogen-bond acceptors (Lipinski definition) is 6. The first-order valence-electron chi connectivity index (χ1n) is 11.3. The van der Waals surface area contributed by atoms with Crippen molar-refractivity contribution in [1.82, 2.24) is 20.1 Å². The molecule has 12 heteroatoms. The summed E-state index contributed by atoms with van der Waals surface area (Å²) in [5, 5.41) is 17.9. The minimum Gasteiger partial charge on any atom is -0.347 e. The number of carbonyl (C=O) groups excluding carboxylic acids is 2. The van der Waals surface area contributed by atoms with Crippen molar-refractivity contribution in [1.29, 1.82) is 0 Å². The standard InChI is InChI=1S/C26H18Cl2FN7O2/c27-20-9-21(28)19(8-18(20)22-7-6-16(29)14-30-22)25(37)34-24-10-23(26(38)31-11-15-12-32-33-13-15)35-36(24)17-4-2-1-3-5-17/h1-10,12,14H,11,13H2,(H,31,38)(H,34,37). The number of para-hydroxylation sites is 1. The van der Waals surface area contributed by atoms with E-state index in [1.165, 1.54) is 35.0 Å². The van der Waals surface area contributed by atoms with Gasteiger partial charge in [-0.3, -0.25) is 14.6 Å². The van der Waals surface area contributed by atoms with Gasteiger partial charge in [0.1, 0.15) is 11.6 Å². The number of hydrogen-bond donors (Lipinski definition) is 2. The van der Waals surface area contributed by atoms with Crippen LogP contribution < -0.4 is 10.6 Å². The predicted octanol–water partition coefficient (Wildman–Crippen LogP) is 5.71. The fraction of sp³-hybridized carbons (Fsp3) is 0.0769. The minimum absolute atomic E-state index is 0.0926. The smallest absolute Gasteiger partial charge is 0.272 e. The van der Waals surface area contributed by atoms with E-state index in [-0.39, 0.29) is 33.7 Å². The first-order chi connectivity index (χ1) is 18.4. The zero-order chi connectivity index (χ0) is 26.6. The number of amides is 2. The van der Waals surface area contributed by atoms with Crippen molar-refractivity contribution in [2.45, 2.75) is 0 Å². The Hall–Kier alpha value is -4.41. The molecule has 0 unspecified atom stereocenters. The third kappa shape index (κ3) is 5.46. The number of nitrogens with zero attached hydrogens (tertiary/aromatic N) is 5. The Labute approximate surface area is 226 Å². The Morgan fingerprint density at radius 2 is 1.82 bits per heavy atom. The second-order valence-corrected chi connectivity index (χ2v) is 8.99. The summed E-state index contributed by atoms with van der Waals surface area (Å²) in [5.41, 5.74) is 2.44. The van der Waals surface area contributed by atoms with Crippen LogP contribution in [0.2, 0.25) is 10.0 Å². The monoisotopic (exact) mass is 549 g/mol. The number of aromatic nitrogens is 3. The van der Waals surface area contributed by atoms with Crippen molar-refractivity contribution >= 4 is 40.8 Å². The average Bonchev–Trinajstić information content (AvgIpc) is 3.59. The molecule has 5 rings (SSSR count). The maximum Gasteiger partial charge on any atom is 0.272 e. The maximum absolute atomic E-state index is 13.4. The molecule has 2 N–H and O–H groups in total. The van der Waals surface area contributed by atoms with Gasteiger partial charge in [0.15, 0.2) is 5.69 Å². The van der Waals surface area contributed by atoms with E-state index in [2.05, 4.69) is 30.9 Å². The van der Waals surface area contributed by atoms with Crippen LogP contribution in [0.5, 0.6) is 0 Å². The summed E-state index contributed by atoms with van der Waals surface area (Å²) >= 11 is 12.7. The van der Waals surface area contributed by atoms with E-state index in [1.54, 1.807) is 30.5 Å². The predicted molar refractivity (Wildman–Crippen MR) is 141 cm³/mol. The Morgan fingerprint density at radius 3 is 2.53 bits per heavy atom. The van der Waals surface area contributed by atoms with Gasteiger partial charge in [0, 0.05) is 18.2 Å². The van der Waals surface area contributed by atoms with Gasteiger partial charge in [-0.25, -0.2) is 9.07 Å². The number of halogens is 3. The van der Waals surface area contributed by atoms with Gasteiger partial charge in [0.25, 0.3) is 11.8 Å². The van der Waals surface area contributed by atoms with E-state index >= 15 is 0 Å². The molecule has 2 amide bonds. The summed E-state index contributed by atoms with van der Waals surface area (Å²) in [6, 6.07) is 16.1. The van der Waals surface area contributed by atoms with Crippen LogP contribution in [0.4, 0.5) is 10.2 Å². The Morgan fingerprint density at radius 1 is 1.00 bits per heavy atom. The molecule has 3 heterocycles. The quantitative estimate of drug-likeness (QED) is 0.307. The molecule has 4 aromatic rings. The van der Waals surface area contributed by atoms with Crippen LogP contribution in [-0.2, 0) is 0 Å². The highest BCUT2D eigenvalue weighted by Gasteiger charge is 2.21. The second kappa shape index (κ2) is 10.9. The highest BCUT2D eigenvalue weighted by Crippen LogP contribution is 2.32. The van der Waals surface area contributed by atoms with Gasteiger partial charge < -0.3 is 10.6 Å². The van der Waals surface area contributed by atoms with Crippen molar-refractivity contribution in [3.05, 3.63) is 106 Å². The molecule has 2 aromatic heterocycles. The molecule has 190 valence electrons. The average molecular weight is 550 g/mol. The van der Waals surface area contributed by atoms with E-state index in [4.69, 9.17) is 23.2 Å². The molecule has 0 aliphatic carbocycles. The van der Waals surface area contributed by atoms with E-state index < -0.39 is 17.6 Å². The SMILES string of the molecule is O=C(NCC1=CN=NC1)c1cc(NC(=O)c2cc(-c3ccc(F)cn3)c(Cl)cc2Cl)n(-c2ccccc2)n1. The molecule has 0 saturated heterocycles. The largest absolute Gasteiger partial charge is 0.347 e. The highest BCUT2D eigenvalue weighted by molar-refractivity contribution is 6.38. The highest BCUT2D eigenvalue weighted by atomic mass is 35.5. The van der Waals surface area contributed by atoms with Crippen molar-refractivity contribution in [2.24, 2.45) is 10.2 Å². The third-order valence-corrected chi connectivity index (χ3v) is 6.19. The summed E-state index contributed by atoms with van der Waals surface area (Å²) in [4.78, 5) is 30.2. The third-order valence-electron chi connectivity index (χ3n) is 5.56. The fourth-order valence-corrected chi connectivity index (χ4v) is 4.23. The van der Waals surface area contributed by atoms with Gasteiger partial charge in [0.2, 0.25) is 0 Å². The van der Waals surface area contributed by atoms with E-state index in [0.717, 1.165) is 11.8 Å². The molecule has 0 atom stereocenters. The molecule has 0 spiro atoms. The molecule has 2 aromatic carbocycles. The minimum atomic E-state index is -0.571. The number of anilines is 1. The maximum atomic E-state index is 13.4. The van der Waals surface area contributed by atoms with Crippen molar-refractivity contribution in [3.8, 4) is 16.9 Å². The van der Waals surface area contributed by atoms with Crippen LogP contribution in [0, 0.1) is 5.82 Å². The lowest BCUT2D eigenvalue weighted by Crippen LogP contribution is -2.26. The Balaban J connectivity index is 1.45. The molecule has 1 aliphatic heterocycles. The van der Waals surface area contributed by atoms with Crippen LogP contribution >= 0.6 is 23.2 Å². The number of azo groups is 1. The molecule has 0 fully saturated rings. The van der Waals surface area contributed by atoms with Crippen LogP contribution in [0.3, 0.4) is 0 Å². The molecule has 0 radical (unpaired) electrons. The number of carbonyl (C=O) groups is 2. The van der Waals surface area contributed by atoms with E-state index in [0.29, 0.717) is 23.5 Å². The van der Waals surface area contributed by atoms with Crippen LogP contribution in [-0.4, -0.2) is 39.7 Å². The lowest BCUT2D eigenvalue weighted by molar-refractivity contribution is 0.0950. The molecule has 0 saturated carbocycles. The summed E-state index contributed by atoms with van der Waals surface area (Å²) in [6.45, 7) is 0.698. The van der Waals surface area contributed by atoms with Gasteiger partial charge in [-0.2, -0.15) is 15.3 Å². The molecular formula is C26H18Cl2FN7O2. The summed E-state index contributed by atoms with van der Waals surface area (Å²) in [5.74, 6) is -1.27. The van der Waals surface area contributed by atoms with Gasteiger partial charge in [-0.1, -0.05) is 41.4 Å². The fourth-order valence-electron chi connectivity index (χ4n) is 3.67. The van der Waals surface area contributed by atoms with E-state index in [9.17, 15) is 14.0 Å². The van der Waals surface area contributed by atoms with Crippen LogP contribution in [0.1, 0.15) is 20.8 Å². The number of pyridine rings is 1. The van der Waals surface area contributed by atoms with Crippen molar-refractivity contribution in [2.75, 3.05) is 18.4 Å². The van der Waals surface area contributed by atoms with Gasteiger partial charge in [-0.05, 0) is 42.0 Å². The molecule has 0 bridgehead atoms. The summed E-state index contributed by atoms with van der Waals surface area (Å²) in [7, 11) is 0. The normalized spacial score (nSPS) is 12.3. The zero-order valence-electron chi connectivity index (χ0n) is 19.5. The van der Waals surface area contributed by atoms with Crippen molar-refractivity contribution < 1.29 is 14.0 Å². The molecular weight excluding hydrogens is 532 g/mol. The first kappa shape index (κ1) is 25.2. The van der Waals surface area contributed by atoms with Crippen LogP contribution in [0.15, 0.2) is 88.9 Å².